The second-order valence-electron chi connectivity index (χ2n) is 6.29. The highest BCUT2D eigenvalue weighted by atomic mass is 19.4. The molecule has 1 aliphatic rings. The molecular formula is C17H22F3N3O3. The molecule has 6 nitrogen and oxygen atoms in total. The summed E-state index contributed by atoms with van der Waals surface area (Å²) in [7, 11) is 0. The number of rotatable bonds is 6. The van der Waals surface area contributed by atoms with Crippen molar-refractivity contribution >= 4 is 17.7 Å². The summed E-state index contributed by atoms with van der Waals surface area (Å²) in [6.07, 6.45) is -2.41. The van der Waals surface area contributed by atoms with Crippen LogP contribution < -0.4 is 4.90 Å². The quantitative estimate of drug-likeness (QED) is 0.830. The predicted octanol–water partition coefficient (Wildman–Crippen LogP) is 2.65. The van der Waals surface area contributed by atoms with E-state index in [4.69, 9.17) is 5.11 Å². The standard InChI is InChI=1S/C17H22F3N3O3/c1-3-7-22(4-2)14-6-5-11(8-21-14)15(24)23-9-12(16(25)26)13(10-23)17(18,19)20/h5-6,8,12-13H,3-4,7,9-10H2,1-2H3,(H,25,26)/t12-,13-/m1/s1. The number of nitrogens with zero attached hydrogens (tertiary/aromatic N) is 3. The fraction of sp³-hybridized carbons (Fsp3) is 0.588. The Morgan fingerprint density at radius 3 is 2.42 bits per heavy atom. The minimum Gasteiger partial charge on any atom is -0.481 e. The molecule has 2 rings (SSSR count). The van der Waals surface area contributed by atoms with Crippen LogP contribution in [0, 0.1) is 11.8 Å². The van der Waals surface area contributed by atoms with Crippen LogP contribution in [-0.4, -0.2) is 59.2 Å². The fourth-order valence-electron chi connectivity index (χ4n) is 3.14. The van der Waals surface area contributed by atoms with E-state index >= 15 is 0 Å². The number of likely N-dealkylation sites (tertiary alicyclic amines) is 1. The van der Waals surface area contributed by atoms with E-state index < -0.39 is 43.0 Å². The Bertz CT molecular complexity index is 649. The summed E-state index contributed by atoms with van der Waals surface area (Å²) in [6, 6.07) is 3.16. The van der Waals surface area contributed by atoms with Crippen molar-refractivity contribution in [3.05, 3.63) is 23.9 Å². The van der Waals surface area contributed by atoms with Crippen LogP contribution in [0.1, 0.15) is 30.6 Å². The molecule has 144 valence electrons. The zero-order valence-corrected chi connectivity index (χ0v) is 14.7. The number of amides is 1. The lowest BCUT2D eigenvalue weighted by atomic mass is 9.96. The van der Waals surface area contributed by atoms with Crippen LogP contribution in [0.5, 0.6) is 0 Å². The number of carbonyl (C=O) groups is 2. The second-order valence-corrected chi connectivity index (χ2v) is 6.29. The Kier molecular flexibility index (Phi) is 6.09. The highest BCUT2D eigenvalue weighted by molar-refractivity contribution is 5.94. The highest BCUT2D eigenvalue weighted by Gasteiger charge is 2.53. The lowest BCUT2D eigenvalue weighted by Gasteiger charge is -2.22. The summed E-state index contributed by atoms with van der Waals surface area (Å²) in [5, 5.41) is 9.04. The van der Waals surface area contributed by atoms with E-state index in [1.807, 2.05) is 18.7 Å². The van der Waals surface area contributed by atoms with Crippen molar-refractivity contribution in [2.45, 2.75) is 26.4 Å². The third-order valence-corrected chi connectivity index (χ3v) is 4.54. The normalized spacial score (nSPS) is 20.3. The minimum atomic E-state index is -4.66. The van der Waals surface area contributed by atoms with Crippen molar-refractivity contribution in [1.82, 2.24) is 9.88 Å². The van der Waals surface area contributed by atoms with Crippen LogP contribution in [-0.2, 0) is 4.79 Å². The molecule has 1 saturated heterocycles. The van der Waals surface area contributed by atoms with Crippen LogP contribution in [0.4, 0.5) is 19.0 Å². The van der Waals surface area contributed by atoms with Crippen LogP contribution in [0.25, 0.3) is 0 Å². The van der Waals surface area contributed by atoms with E-state index in [0.717, 1.165) is 24.4 Å². The molecule has 1 aliphatic heterocycles. The molecule has 1 aromatic rings. The number of carbonyl (C=O) groups excluding carboxylic acids is 1. The van der Waals surface area contributed by atoms with E-state index in [-0.39, 0.29) is 5.56 Å². The van der Waals surface area contributed by atoms with E-state index in [2.05, 4.69) is 4.98 Å². The predicted molar refractivity (Wildman–Crippen MR) is 89.0 cm³/mol. The maximum Gasteiger partial charge on any atom is 0.394 e. The van der Waals surface area contributed by atoms with Gasteiger partial charge >= 0.3 is 12.1 Å². The molecule has 0 unspecified atom stereocenters. The summed E-state index contributed by atoms with van der Waals surface area (Å²) in [5.74, 6) is -5.21. The zero-order valence-electron chi connectivity index (χ0n) is 14.7. The molecule has 0 aliphatic carbocycles. The van der Waals surface area contributed by atoms with Gasteiger partial charge < -0.3 is 14.9 Å². The third kappa shape index (κ3) is 4.25. The molecule has 1 fully saturated rings. The molecule has 9 heteroatoms. The first-order valence-electron chi connectivity index (χ1n) is 8.48. The number of aliphatic carboxylic acids is 1. The summed E-state index contributed by atoms with van der Waals surface area (Å²) < 4.78 is 39.1. The molecular weight excluding hydrogens is 351 g/mol. The van der Waals surface area contributed by atoms with Crippen LogP contribution in [0.15, 0.2) is 18.3 Å². The number of carboxylic acid groups (broad SMARTS) is 1. The van der Waals surface area contributed by atoms with Gasteiger partial charge in [0.15, 0.2) is 0 Å². The van der Waals surface area contributed by atoms with Gasteiger partial charge in [-0.05, 0) is 25.5 Å². The van der Waals surface area contributed by atoms with Crippen molar-refractivity contribution in [2.75, 3.05) is 31.1 Å². The summed E-state index contributed by atoms with van der Waals surface area (Å²) in [5.41, 5.74) is 0.147. The summed E-state index contributed by atoms with van der Waals surface area (Å²) in [6.45, 7) is 4.44. The SMILES string of the molecule is CCCN(CC)c1ccc(C(=O)N2C[C@@H](C(F)(F)F)[C@H](C(=O)O)C2)cn1. The molecule has 0 bridgehead atoms. The largest absolute Gasteiger partial charge is 0.481 e. The molecule has 2 atom stereocenters. The maximum atomic E-state index is 13.0. The van der Waals surface area contributed by atoms with Gasteiger partial charge in [-0.25, -0.2) is 4.98 Å². The molecule has 1 N–H and O–H groups in total. The van der Waals surface area contributed by atoms with E-state index in [0.29, 0.717) is 5.82 Å². The first-order chi connectivity index (χ1) is 12.2. The van der Waals surface area contributed by atoms with Gasteiger partial charge in [0.25, 0.3) is 5.91 Å². The Morgan fingerprint density at radius 2 is 2.00 bits per heavy atom. The number of halogens is 3. The van der Waals surface area contributed by atoms with Gasteiger partial charge in [0.1, 0.15) is 5.82 Å². The van der Waals surface area contributed by atoms with Gasteiger partial charge in [-0.3, -0.25) is 9.59 Å². The Hall–Kier alpha value is -2.32. The number of alkyl halides is 3. The van der Waals surface area contributed by atoms with Gasteiger partial charge in [0, 0.05) is 32.4 Å². The number of carboxylic acids is 1. The molecule has 0 saturated carbocycles. The maximum absolute atomic E-state index is 13.0. The molecule has 26 heavy (non-hydrogen) atoms. The number of aromatic nitrogens is 1. The average molecular weight is 373 g/mol. The van der Waals surface area contributed by atoms with Crippen molar-refractivity contribution in [3.8, 4) is 0 Å². The van der Waals surface area contributed by atoms with Gasteiger partial charge in [-0.2, -0.15) is 13.2 Å². The van der Waals surface area contributed by atoms with E-state index in [9.17, 15) is 22.8 Å². The zero-order chi connectivity index (χ0) is 19.5. The van der Waals surface area contributed by atoms with Crippen LogP contribution >= 0.6 is 0 Å². The van der Waals surface area contributed by atoms with Crippen molar-refractivity contribution < 1.29 is 27.9 Å². The van der Waals surface area contributed by atoms with E-state index in [1.165, 1.54) is 12.3 Å². The third-order valence-electron chi connectivity index (χ3n) is 4.54. The molecule has 0 radical (unpaired) electrons. The summed E-state index contributed by atoms with van der Waals surface area (Å²) >= 11 is 0. The number of hydrogen-bond donors (Lipinski definition) is 1. The van der Waals surface area contributed by atoms with Crippen molar-refractivity contribution in [1.29, 1.82) is 0 Å². The number of anilines is 1. The average Bonchev–Trinajstić information content (AvgIpc) is 3.05. The van der Waals surface area contributed by atoms with Crippen molar-refractivity contribution in [2.24, 2.45) is 11.8 Å². The molecule has 1 amide bonds. The molecule has 0 aromatic carbocycles. The number of pyridine rings is 1. The van der Waals surface area contributed by atoms with Gasteiger partial charge in [0.05, 0.1) is 17.4 Å². The highest BCUT2D eigenvalue weighted by Crippen LogP contribution is 2.38. The summed E-state index contributed by atoms with van der Waals surface area (Å²) in [4.78, 5) is 30.8. The van der Waals surface area contributed by atoms with Crippen LogP contribution in [0.3, 0.4) is 0 Å². The van der Waals surface area contributed by atoms with Gasteiger partial charge in [-0.15, -0.1) is 0 Å². The molecule has 1 aromatic heterocycles. The Balaban J connectivity index is 2.15. The van der Waals surface area contributed by atoms with Crippen molar-refractivity contribution in [3.63, 3.8) is 0 Å². The van der Waals surface area contributed by atoms with Gasteiger partial charge in [0.2, 0.25) is 0 Å². The fourth-order valence-corrected chi connectivity index (χ4v) is 3.14. The van der Waals surface area contributed by atoms with E-state index in [1.54, 1.807) is 6.07 Å². The Morgan fingerprint density at radius 1 is 1.31 bits per heavy atom. The van der Waals surface area contributed by atoms with Crippen LogP contribution in [0.2, 0.25) is 0 Å². The second kappa shape index (κ2) is 7.92. The topological polar surface area (TPSA) is 73.7 Å². The minimum absolute atomic E-state index is 0.147. The lowest BCUT2D eigenvalue weighted by Crippen LogP contribution is -2.34. The monoisotopic (exact) mass is 373 g/mol. The Labute approximate surface area is 149 Å². The smallest absolute Gasteiger partial charge is 0.394 e. The van der Waals surface area contributed by atoms with Gasteiger partial charge in [-0.1, -0.05) is 6.92 Å². The molecule has 0 spiro atoms. The first kappa shape index (κ1) is 20.0. The molecule has 2 heterocycles. The lowest BCUT2D eigenvalue weighted by molar-refractivity contribution is -0.187. The first-order valence-corrected chi connectivity index (χ1v) is 8.48. The number of hydrogen-bond acceptors (Lipinski definition) is 4.